The van der Waals surface area contributed by atoms with Gasteiger partial charge in [-0.3, -0.25) is 9.89 Å². The van der Waals surface area contributed by atoms with Crippen LogP contribution in [-0.2, 0) is 11.2 Å². The Labute approximate surface area is 186 Å². The van der Waals surface area contributed by atoms with Crippen molar-refractivity contribution in [3.8, 4) is 0 Å². The molecule has 4 rings (SSSR count). The largest absolute Gasteiger partial charge is 0.469 e. The fourth-order valence-electron chi connectivity index (χ4n) is 4.46. The highest BCUT2D eigenvalue weighted by Gasteiger charge is 2.24. The predicted octanol–water partition coefficient (Wildman–Crippen LogP) is 3.76. The normalized spacial score (nSPS) is 21.8. The number of guanidine groups is 1. The Morgan fingerprint density at radius 1 is 1.13 bits per heavy atom. The summed E-state index contributed by atoms with van der Waals surface area (Å²) >= 11 is 0. The third kappa shape index (κ3) is 6.58. The van der Waals surface area contributed by atoms with Gasteiger partial charge in [0.15, 0.2) is 5.96 Å². The molecule has 6 nitrogen and oxygen atoms in total. The number of benzene rings is 1. The third-order valence-electron chi connectivity index (χ3n) is 6.42. The molecule has 0 aliphatic carbocycles. The molecule has 0 radical (unpaired) electrons. The van der Waals surface area contributed by atoms with Crippen molar-refractivity contribution in [1.82, 2.24) is 15.5 Å². The maximum atomic E-state index is 5.75. The van der Waals surface area contributed by atoms with Crippen LogP contribution in [0.5, 0.6) is 0 Å². The summed E-state index contributed by atoms with van der Waals surface area (Å²) in [4.78, 5) is 7.43. The number of hydrogen-bond acceptors (Lipinski definition) is 4. The first kappa shape index (κ1) is 21.9. The van der Waals surface area contributed by atoms with E-state index in [9.17, 15) is 0 Å². The van der Waals surface area contributed by atoms with Crippen LogP contribution in [0, 0.1) is 0 Å². The van der Waals surface area contributed by atoms with Crippen LogP contribution >= 0.6 is 0 Å². The number of piperidine rings is 1. The van der Waals surface area contributed by atoms with Gasteiger partial charge in [0.25, 0.3) is 0 Å². The molecule has 3 heterocycles. The molecule has 2 unspecified atom stereocenters. The number of nitrogens with one attached hydrogen (secondary N) is 2. The van der Waals surface area contributed by atoms with Gasteiger partial charge >= 0.3 is 0 Å². The van der Waals surface area contributed by atoms with Gasteiger partial charge in [-0.25, -0.2) is 0 Å². The van der Waals surface area contributed by atoms with Gasteiger partial charge in [0.2, 0.25) is 0 Å². The third-order valence-corrected chi connectivity index (χ3v) is 6.42. The maximum Gasteiger partial charge on any atom is 0.191 e. The summed E-state index contributed by atoms with van der Waals surface area (Å²) in [6.07, 6.45) is 7.33. The lowest BCUT2D eigenvalue weighted by molar-refractivity contribution is 0.117. The maximum absolute atomic E-state index is 5.75. The average Bonchev–Trinajstić information content (AvgIpc) is 3.52. The quantitative estimate of drug-likeness (QED) is 0.499. The summed E-state index contributed by atoms with van der Waals surface area (Å²) in [5.41, 5.74) is 1.40. The molecule has 2 atom stereocenters. The number of ether oxygens (including phenoxy) is 1. The van der Waals surface area contributed by atoms with Crippen LogP contribution in [0.4, 0.5) is 0 Å². The predicted molar refractivity (Wildman–Crippen MR) is 124 cm³/mol. The van der Waals surface area contributed by atoms with E-state index >= 15 is 0 Å². The molecule has 2 N–H and O–H groups in total. The first-order valence-corrected chi connectivity index (χ1v) is 11.8. The van der Waals surface area contributed by atoms with Gasteiger partial charge < -0.3 is 19.8 Å². The number of furan rings is 1. The van der Waals surface area contributed by atoms with E-state index in [0.717, 1.165) is 76.6 Å². The summed E-state index contributed by atoms with van der Waals surface area (Å²) in [6.45, 7) is 6.90. The molecule has 6 heteroatoms. The summed E-state index contributed by atoms with van der Waals surface area (Å²) in [6, 6.07) is 15.7. The molecule has 0 bridgehead atoms. The average molecular weight is 425 g/mol. The van der Waals surface area contributed by atoms with E-state index < -0.39 is 0 Å². The van der Waals surface area contributed by atoms with Crippen molar-refractivity contribution >= 4 is 5.96 Å². The summed E-state index contributed by atoms with van der Waals surface area (Å²) in [5, 5.41) is 7.18. The zero-order chi connectivity index (χ0) is 21.3. The highest BCUT2D eigenvalue weighted by molar-refractivity contribution is 5.80. The first-order chi connectivity index (χ1) is 15.3. The first-order valence-electron chi connectivity index (χ1n) is 11.8. The Balaban J connectivity index is 1.28. The highest BCUT2D eigenvalue weighted by Crippen LogP contribution is 2.24. The van der Waals surface area contributed by atoms with Crippen molar-refractivity contribution < 1.29 is 9.15 Å². The van der Waals surface area contributed by atoms with Gasteiger partial charge in [0, 0.05) is 44.7 Å². The van der Waals surface area contributed by atoms with Crippen molar-refractivity contribution in [3.05, 3.63) is 60.1 Å². The molecular weight excluding hydrogens is 388 g/mol. The fraction of sp³-hybridized carbons (Fsp3) is 0.560. The van der Waals surface area contributed by atoms with Gasteiger partial charge in [-0.05, 0) is 50.3 Å². The second kappa shape index (κ2) is 11.3. The van der Waals surface area contributed by atoms with Crippen molar-refractivity contribution in [2.45, 2.75) is 57.2 Å². The Kier molecular flexibility index (Phi) is 8.02. The van der Waals surface area contributed by atoms with E-state index in [1.54, 1.807) is 6.26 Å². The fourth-order valence-corrected chi connectivity index (χ4v) is 4.46. The second-order valence-corrected chi connectivity index (χ2v) is 8.62. The van der Waals surface area contributed by atoms with Crippen LogP contribution in [0.2, 0.25) is 0 Å². The Bertz CT molecular complexity index is 779. The molecule has 2 aromatic rings. The highest BCUT2D eigenvalue weighted by atomic mass is 16.5. The van der Waals surface area contributed by atoms with Crippen molar-refractivity contribution in [2.75, 3.05) is 32.8 Å². The Hall–Kier alpha value is -2.31. The zero-order valence-corrected chi connectivity index (χ0v) is 18.6. The van der Waals surface area contributed by atoms with Crippen LogP contribution in [0.15, 0.2) is 58.1 Å². The van der Waals surface area contributed by atoms with E-state index in [4.69, 9.17) is 14.1 Å². The second-order valence-electron chi connectivity index (χ2n) is 8.62. The molecule has 2 aliphatic heterocycles. The molecule has 0 saturated carbocycles. The number of hydrogen-bond donors (Lipinski definition) is 2. The molecule has 0 amide bonds. The van der Waals surface area contributed by atoms with Crippen molar-refractivity contribution in [3.63, 3.8) is 0 Å². The number of rotatable bonds is 8. The molecule has 2 fully saturated rings. The summed E-state index contributed by atoms with van der Waals surface area (Å²) in [5.74, 6) is 1.89. The molecular formula is C25H36N4O2. The summed E-state index contributed by atoms with van der Waals surface area (Å²) < 4.78 is 11.2. The van der Waals surface area contributed by atoms with Crippen LogP contribution in [0.1, 0.15) is 50.0 Å². The summed E-state index contributed by atoms with van der Waals surface area (Å²) in [7, 11) is 0. The Morgan fingerprint density at radius 3 is 2.68 bits per heavy atom. The lowest BCUT2D eigenvalue weighted by atomic mass is 10.0. The molecule has 0 spiro atoms. The monoisotopic (exact) mass is 424 g/mol. The number of aliphatic imine (C=N–C) groups is 1. The minimum absolute atomic E-state index is 0.261. The van der Waals surface area contributed by atoms with Gasteiger partial charge in [-0.1, -0.05) is 30.3 Å². The lowest BCUT2D eigenvalue weighted by Gasteiger charge is -2.37. The van der Waals surface area contributed by atoms with Crippen molar-refractivity contribution in [1.29, 1.82) is 0 Å². The minimum atomic E-state index is 0.261. The number of nitrogens with zero attached hydrogens (tertiary/aromatic N) is 2. The van der Waals surface area contributed by atoms with Gasteiger partial charge in [0.1, 0.15) is 5.76 Å². The minimum Gasteiger partial charge on any atom is -0.469 e. The van der Waals surface area contributed by atoms with E-state index in [2.05, 4.69) is 52.8 Å². The molecule has 168 valence electrons. The standard InChI is InChI=1S/C25H36N4O2/c1-20(21-7-3-2-4-8-21)29-15-12-22(13-16-29)28-25(27-19-24-10-6-18-31-24)26-14-11-23-9-5-17-30-23/h2-5,7-9,17,20,22,24H,6,10-16,18-19H2,1H3,(H2,26,27,28). The van der Waals surface area contributed by atoms with Gasteiger partial charge in [-0.15, -0.1) is 0 Å². The molecule has 1 aromatic carbocycles. The molecule has 2 aliphatic rings. The number of likely N-dealkylation sites (tertiary alicyclic amines) is 1. The van der Waals surface area contributed by atoms with E-state index in [-0.39, 0.29) is 6.10 Å². The molecule has 1 aromatic heterocycles. The zero-order valence-electron chi connectivity index (χ0n) is 18.6. The molecule has 2 saturated heterocycles. The lowest BCUT2D eigenvalue weighted by Crippen LogP contribution is -2.49. The Morgan fingerprint density at radius 2 is 1.97 bits per heavy atom. The SMILES string of the molecule is CC(c1ccccc1)N1CCC(NC(=NCC2CCCO2)NCCc2ccco2)CC1. The van der Waals surface area contributed by atoms with Crippen LogP contribution in [-0.4, -0.2) is 55.8 Å². The van der Waals surface area contributed by atoms with E-state index in [1.165, 1.54) is 5.56 Å². The van der Waals surface area contributed by atoms with Gasteiger partial charge in [-0.2, -0.15) is 0 Å². The van der Waals surface area contributed by atoms with Crippen LogP contribution in [0.3, 0.4) is 0 Å². The smallest absolute Gasteiger partial charge is 0.191 e. The van der Waals surface area contributed by atoms with Gasteiger partial charge in [0.05, 0.1) is 18.9 Å². The topological polar surface area (TPSA) is 62.0 Å². The molecule has 31 heavy (non-hydrogen) atoms. The van der Waals surface area contributed by atoms with Crippen LogP contribution in [0.25, 0.3) is 0 Å². The van der Waals surface area contributed by atoms with Crippen LogP contribution < -0.4 is 10.6 Å². The van der Waals surface area contributed by atoms with Crippen molar-refractivity contribution in [2.24, 2.45) is 4.99 Å². The van der Waals surface area contributed by atoms with E-state index in [1.807, 2.05) is 12.1 Å². The van der Waals surface area contributed by atoms with E-state index in [0.29, 0.717) is 12.1 Å².